The lowest BCUT2D eigenvalue weighted by Gasteiger charge is -2.46. The fourth-order valence-corrected chi connectivity index (χ4v) is 4.11. The Morgan fingerprint density at radius 3 is 2.92 bits per heavy atom. The van der Waals surface area contributed by atoms with Crippen LogP contribution in [0, 0.1) is 11.7 Å². The van der Waals surface area contributed by atoms with E-state index in [2.05, 4.69) is 0 Å². The van der Waals surface area contributed by atoms with Crippen molar-refractivity contribution in [2.75, 3.05) is 33.4 Å². The predicted octanol–water partition coefficient (Wildman–Crippen LogP) is 3.19. The highest BCUT2D eigenvalue weighted by Crippen LogP contribution is 2.38. The Kier molecular flexibility index (Phi) is 6.07. The highest BCUT2D eigenvalue weighted by Gasteiger charge is 2.40. The van der Waals surface area contributed by atoms with Crippen molar-refractivity contribution in [3.05, 3.63) is 35.6 Å². The van der Waals surface area contributed by atoms with Gasteiger partial charge < -0.3 is 14.4 Å². The molecule has 2 heterocycles. The SMILES string of the molecule is COCCC1CCOC2(CCN(C(=O)Cc3cccc(F)c3)CC2)C1. The van der Waals surface area contributed by atoms with Crippen LogP contribution in [0.25, 0.3) is 0 Å². The number of carbonyl (C=O) groups is 1. The van der Waals surface area contributed by atoms with Crippen molar-refractivity contribution >= 4 is 5.91 Å². The summed E-state index contributed by atoms with van der Waals surface area (Å²) in [6.45, 7) is 3.07. The van der Waals surface area contributed by atoms with Crippen LogP contribution in [0.15, 0.2) is 24.3 Å². The van der Waals surface area contributed by atoms with E-state index >= 15 is 0 Å². The van der Waals surface area contributed by atoms with Gasteiger partial charge in [-0.15, -0.1) is 0 Å². The summed E-state index contributed by atoms with van der Waals surface area (Å²) in [6, 6.07) is 6.29. The third-order valence-electron chi connectivity index (χ3n) is 5.60. The van der Waals surface area contributed by atoms with E-state index in [1.165, 1.54) is 12.1 Å². The van der Waals surface area contributed by atoms with E-state index in [1.54, 1.807) is 19.2 Å². The molecule has 0 aliphatic carbocycles. The average Bonchev–Trinajstić information content (AvgIpc) is 2.61. The number of rotatable bonds is 5. The molecule has 1 amide bonds. The zero-order chi connectivity index (χ0) is 17.7. The van der Waals surface area contributed by atoms with Gasteiger partial charge in [-0.25, -0.2) is 4.39 Å². The first-order chi connectivity index (χ1) is 12.1. The van der Waals surface area contributed by atoms with Crippen molar-refractivity contribution in [1.82, 2.24) is 4.90 Å². The van der Waals surface area contributed by atoms with Gasteiger partial charge in [0, 0.05) is 33.4 Å². The summed E-state index contributed by atoms with van der Waals surface area (Å²) in [4.78, 5) is 14.4. The van der Waals surface area contributed by atoms with E-state index in [0.29, 0.717) is 5.92 Å². The van der Waals surface area contributed by atoms with Crippen molar-refractivity contribution < 1.29 is 18.7 Å². The molecule has 0 radical (unpaired) electrons. The Bertz CT molecular complexity index is 584. The molecular weight excluding hydrogens is 321 g/mol. The molecule has 1 unspecified atom stereocenters. The normalized spacial score (nSPS) is 23.0. The largest absolute Gasteiger partial charge is 0.385 e. The van der Waals surface area contributed by atoms with Crippen molar-refractivity contribution in [2.45, 2.75) is 44.1 Å². The van der Waals surface area contributed by atoms with Crippen molar-refractivity contribution in [3.8, 4) is 0 Å². The lowest BCUT2D eigenvalue weighted by molar-refractivity contribution is -0.147. The first-order valence-electron chi connectivity index (χ1n) is 9.25. The average molecular weight is 349 g/mol. The van der Waals surface area contributed by atoms with Crippen LogP contribution in [0.3, 0.4) is 0 Å². The van der Waals surface area contributed by atoms with Crippen LogP contribution in [0.1, 0.15) is 37.7 Å². The summed E-state index contributed by atoms with van der Waals surface area (Å²) in [5, 5.41) is 0. The molecule has 2 saturated heterocycles. The van der Waals surface area contributed by atoms with Gasteiger partial charge in [-0.05, 0) is 55.7 Å². The smallest absolute Gasteiger partial charge is 0.226 e. The van der Waals surface area contributed by atoms with Gasteiger partial charge in [0.05, 0.1) is 12.0 Å². The molecule has 2 fully saturated rings. The molecule has 3 rings (SSSR count). The maximum Gasteiger partial charge on any atom is 0.226 e. The Morgan fingerprint density at radius 1 is 1.40 bits per heavy atom. The van der Waals surface area contributed by atoms with Crippen molar-refractivity contribution in [2.24, 2.45) is 5.92 Å². The van der Waals surface area contributed by atoms with Gasteiger partial charge in [-0.3, -0.25) is 4.79 Å². The number of halogens is 1. The standard InChI is InChI=1S/C20H28FNO3/c1-24-11-5-16-6-12-25-20(15-16)7-9-22(10-8-20)19(23)14-17-3-2-4-18(21)13-17/h2-4,13,16H,5-12,14-15H2,1H3. The maximum absolute atomic E-state index is 13.3. The molecule has 1 aromatic carbocycles. The molecular formula is C20H28FNO3. The predicted molar refractivity (Wildman–Crippen MR) is 93.8 cm³/mol. The van der Waals surface area contributed by atoms with Gasteiger partial charge in [0.15, 0.2) is 0 Å². The van der Waals surface area contributed by atoms with Gasteiger partial charge in [-0.1, -0.05) is 12.1 Å². The molecule has 138 valence electrons. The number of benzene rings is 1. The fraction of sp³-hybridized carbons (Fsp3) is 0.650. The molecule has 1 spiro atoms. The quantitative estimate of drug-likeness (QED) is 0.819. The second-order valence-electron chi connectivity index (χ2n) is 7.36. The van der Waals surface area contributed by atoms with Crippen LogP contribution in [-0.2, 0) is 20.7 Å². The highest BCUT2D eigenvalue weighted by atomic mass is 19.1. The third-order valence-corrected chi connectivity index (χ3v) is 5.60. The maximum atomic E-state index is 13.3. The molecule has 2 aliphatic rings. The molecule has 0 bridgehead atoms. The first kappa shape index (κ1) is 18.3. The van der Waals surface area contributed by atoms with E-state index in [-0.39, 0.29) is 23.7 Å². The number of carbonyl (C=O) groups excluding carboxylic acids is 1. The van der Waals surface area contributed by atoms with Gasteiger partial charge in [-0.2, -0.15) is 0 Å². The van der Waals surface area contributed by atoms with E-state index < -0.39 is 0 Å². The Balaban J connectivity index is 1.51. The van der Waals surface area contributed by atoms with E-state index in [9.17, 15) is 9.18 Å². The van der Waals surface area contributed by atoms with Gasteiger partial charge in [0.1, 0.15) is 5.82 Å². The summed E-state index contributed by atoms with van der Waals surface area (Å²) in [5.41, 5.74) is 0.672. The van der Waals surface area contributed by atoms with Crippen LogP contribution >= 0.6 is 0 Å². The lowest BCUT2D eigenvalue weighted by atomic mass is 9.78. The monoisotopic (exact) mass is 349 g/mol. The van der Waals surface area contributed by atoms with Crippen LogP contribution < -0.4 is 0 Å². The number of ether oxygens (including phenoxy) is 2. The lowest BCUT2D eigenvalue weighted by Crippen LogP contribution is -2.51. The third kappa shape index (κ3) is 4.79. The van der Waals surface area contributed by atoms with Gasteiger partial charge in [0.2, 0.25) is 5.91 Å². The first-order valence-corrected chi connectivity index (χ1v) is 9.25. The van der Waals surface area contributed by atoms with Crippen molar-refractivity contribution in [3.63, 3.8) is 0 Å². The molecule has 2 aliphatic heterocycles. The number of likely N-dealkylation sites (tertiary alicyclic amines) is 1. The Hall–Kier alpha value is -1.46. The van der Waals surface area contributed by atoms with Crippen LogP contribution in [0.5, 0.6) is 0 Å². The minimum absolute atomic E-state index is 0.0632. The van der Waals surface area contributed by atoms with E-state index in [4.69, 9.17) is 9.47 Å². The molecule has 0 N–H and O–H groups in total. The molecule has 25 heavy (non-hydrogen) atoms. The fourth-order valence-electron chi connectivity index (χ4n) is 4.11. The highest BCUT2D eigenvalue weighted by molar-refractivity contribution is 5.78. The summed E-state index contributed by atoms with van der Waals surface area (Å²) in [5.74, 6) is 0.441. The van der Waals surface area contributed by atoms with Crippen LogP contribution in [-0.4, -0.2) is 49.8 Å². The molecule has 1 aromatic rings. The van der Waals surface area contributed by atoms with E-state index in [0.717, 1.165) is 64.0 Å². The van der Waals surface area contributed by atoms with Crippen molar-refractivity contribution in [1.29, 1.82) is 0 Å². The Labute approximate surface area is 149 Å². The van der Waals surface area contributed by atoms with Gasteiger partial charge in [0.25, 0.3) is 0 Å². The molecule has 5 heteroatoms. The Morgan fingerprint density at radius 2 is 2.20 bits per heavy atom. The molecule has 0 saturated carbocycles. The number of hydrogen-bond acceptors (Lipinski definition) is 3. The van der Waals surface area contributed by atoms with Gasteiger partial charge >= 0.3 is 0 Å². The van der Waals surface area contributed by atoms with Crippen LogP contribution in [0.2, 0.25) is 0 Å². The summed E-state index contributed by atoms with van der Waals surface area (Å²) < 4.78 is 24.6. The van der Waals surface area contributed by atoms with E-state index in [1.807, 2.05) is 4.90 Å². The second-order valence-corrected chi connectivity index (χ2v) is 7.36. The molecule has 0 aromatic heterocycles. The number of hydrogen-bond donors (Lipinski definition) is 0. The number of methoxy groups -OCH3 is 1. The second kappa shape index (κ2) is 8.28. The minimum atomic E-state index is -0.291. The topological polar surface area (TPSA) is 38.8 Å². The number of amides is 1. The zero-order valence-corrected chi connectivity index (χ0v) is 15.0. The molecule has 1 atom stereocenters. The number of piperidine rings is 1. The summed E-state index contributed by atoms with van der Waals surface area (Å²) in [6.07, 6.45) is 5.32. The number of nitrogens with zero attached hydrogens (tertiary/aromatic N) is 1. The summed E-state index contributed by atoms with van der Waals surface area (Å²) >= 11 is 0. The minimum Gasteiger partial charge on any atom is -0.385 e. The molecule has 4 nitrogen and oxygen atoms in total. The zero-order valence-electron chi connectivity index (χ0n) is 15.0. The van der Waals surface area contributed by atoms with Crippen LogP contribution in [0.4, 0.5) is 4.39 Å². The summed E-state index contributed by atoms with van der Waals surface area (Å²) in [7, 11) is 1.75.